The molecular weight excluding hydrogens is 260 g/mol. The van der Waals surface area contributed by atoms with Crippen molar-refractivity contribution < 1.29 is 9.47 Å². The van der Waals surface area contributed by atoms with E-state index in [0.29, 0.717) is 6.61 Å². The zero-order valence-electron chi connectivity index (χ0n) is 10.9. The van der Waals surface area contributed by atoms with Crippen LogP contribution in [-0.4, -0.2) is 19.1 Å². The Labute approximate surface area is 118 Å². The van der Waals surface area contributed by atoms with Crippen molar-refractivity contribution in [2.24, 2.45) is 0 Å². The first-order valence-electron chi connectivity index (χ1n) is 6.61. The predicted octanol–water partition coefficient (Wildman–Crippen LogP) is 4.31. The minimum atomic E-state index is 0.0253. The van der Waals surface area contributed by atoms with Gasteiger partial charge in [-0.05, 0) is 29.7 Å². The number of rotatable bonds is 2. The van der Waals surface area contributed by atoms with E-state index >= 15 is 0 Å². The summed E-state index contributed by atoms with van der Waals surface area (Å²) < 4.78 is 11.4. The van der Waals surface area contributed by atoms with E-state index in [9.17, 15) is 0 Å². The van der Waals surface area contributed by atoms with Crippen molar-refractivity contribution >= 4 is 22.4 Å². The largest absolute Gasteiger partial charge is 0.496 e. The molecule has 2 atom stereocenters. The van der Waals surface area contributed by atoms with Crippen molar-refractivity contribution in [3.63, 3.8) is 0 Å². The lowest BCUT2D eigenvalue weighted by Gasteiger charge is -2.28. The minimum absolute atomic E-state index is 0.0253. The van der Waals surface area contributed by atoms with Gasteiger partial charge in [-0.2, -0.15) is 0 Å². The Hall–Kier alpha value is -1.25. The molecule has 2 aromatic rings. The number of hydrogen-bond donors (Lipinski definition) is 0. The third kappa shape index (κ3) is 2.43. The molecule has 0 bridgehead atoms. The fourth-order valence-electron chi connectivity index (χ4n) is 2.74. The average Bonchev–Trinajstić information content (AvgIpc) is 2.46. The molecule has 0 spiro atoms. The standard InChI is InChI=1S/C16H17ClO2/c1-18-14-7-6-11-4-2-3-5-13(11)16(14)15-10-12(17)8-9-19-15/h2-7,12,15H,8-10H2,1H3. The molecule has 1 saturated heterocycles. The number of ether oxygens (including phenoxy) is 2. The number of halogens is 1. The van der Waals surface area contributed by atoms with Crippen LogP contribution < -0.4 is 4.74 Å². The van der Waals surface area contributed by atoms with Gasteiger partial charge < -0.3 is 9.47 Å². The molecule has 100 valence electrons. The van der Waals surface area contributed by atoms with Gasteiger partial charge in [0.2, 0.25) is 0 Å². The van der Waals surface area contributed by atoms with Crippen molar-refractivity contribution in [3.05, 3.63) is 42.0 Å². The van der Waals surface area contributed by atoms with Gasteiger partial charge in [0.1, 0.15) is 5.75 Å². The summed E-state index contributed by atoms with van der Waals surface area (Å²) in [5, 5.41) is 2.58. The van der Waals surface area contributed by atoms with Crippen LogP contribution in [0.3, 0.4) is 0 Å². The number of alkyl halides is 1. The van der Waals surface area contributed by atoms with Crippen LogP contribution in [0, 0.1) is 0 Å². The van der Waals surface area contributed by atoms with Crippen molar-refractivity contribution in [1.82, 2.24) is 0 Å². The molecule has 1 fully saturated rings. The predicted molar refractivity (Wildman–Crippen MR) is 78.1 cm³/mol. The Morgan fingerprint density at radius 1 is 1.21 bits per heavy atom. The van der Waals surface area contributed by atoms with Crippen LogP contribution in [0.25, 0.3) is 10.8 Å². The van der Waals surface area contributed by atoms with Gasteiger partial charge in [0.25, 0.3) is 0 Å². The van der Waals surface area contributed by atoms with E-state index in [1.165, 1.54) is 10.8 Å². The highest BCUT2D eigenvalue weighted by Gasteiger charge is 2.26. The summed E-state index contributed by atoms with van der Waals surface area (Å²) in [5.74, 6) is 0.884. The molecular formula is C16H17ClO2. The molecule has 2 aromatic carbocycles. The topological polar surface area (TPSA) is 18.5 Å². The number of methoxy groups -OCH3 is 1. The van der Waals surface area contributed by atoms with Crippen molar-refractivity contribution in [2.45, 2.75) is 24.3 Å². The summed E-state index contributed by atoms with van der Waals surface area (Å²) in [6.07, 6.45) is 1.79. The van der Waals surface area contributed by atoms with Gasteiger partial charge in [0.15, 0.2) is 0 Å². The maximum absolute atomic E-state index is 6.29. The SMILES string of the molecule is COc1ccc2ccccc2c1C1CC(Cl)CCO1. The molecule has 0 N–H and O–H groups in total. The highest BCUT2D eigenvalue weighted by Crippen LogP contribution is 2.40. The summed E-state index contributed by atoms with van der Waals surface area (Å²) in [6.45, 7) is 0.714. The van der Waals surface area contributed by atoms with Gasteiger partial charge in [0.05, 0.1) is 13.2 Å². The van der Waals surface area contributed by atoms with Gasteiger partial charge in [-0.15, -0.1) is 11.6 Å². The van der Waals surface area contributed by atoms with E-state index < -0.39 is 0 Å². The Kier molecular flexibility index (Phi) is 3.63. The van der Waals surface area contributed by atoms with E-state index in [2.05, 4.69) is 18.2 Å². The van der Waals surface area contributed by atoms with Gasteiger partial charge >= 0.3 is 0 Å². The summed E-state index contributed by atoms with van der Waals surface area (Å²) in [6, 6.07) is 12.4. The molecule has 3 heteroatoms. The quantitative estimate of drug-likeness (QED) is 0.761. The first-order valence-corrected chi connectivity index (χ1v) is 7.04. The Bertz CT molecular complexity index is 582. The van der Waals surface area contributed by atoms with Crippen LogP contribution in [0.2, 0.25) is 0 Å². The second kappa shape index (κ2) is 5.40. The fourth-order valence-corrected chi connectivity index (χ4v) is 2.99. The second-order valence-electron chi connectivity index (χ2n) is 4.88. The number of hydrogen-bond acceptors (Lipinski definition) is 2. The normalized spacial score (nSPS) is 23.5. The molecule has 0 aromatic heterocycles. The van der Waals surface area contributed by atoms with E-state index in [1.54, 1.807) is 7.11 Å². The molecule has 3 rings (SSSR count). The van der Waals surface area contributed by atoms with Crippen LogP contribution in [0.4, 0.5) is 0 Å². The van der Waals surface area contributed by atoms with Crippen LogP contribution >= 0.6 is 11.6 Å². The summed E-state index contributed by atoms with van der Waals surface area (Å²) in [4.78, 5) is 0. The monoisotopic (exact) mass is 276 g/mol. The minimum Gasteiger partial charge on any atom is -0.496 e. The molecule has 0 amide bonds. The summed E-state index contributed by atoms with van der Waals surface area (Å²) >= 11 is 6.29. The van der Waals surface area contributed by atoms with Crippen molar-refractivity contribution in [2.75, 3.05) is 13.7 Å². The Morgan fingerprint density at radius 2 is 2.05 bits per heavy atom. The van der Waals surface area contributed by atoms with E-state index in [-0.39, 0.29) is 11.5 Å². The molecule has 1 aliphatic rings. The van der Waals surface area contributed by atoms with Gasteiger partial charge in [-0.1, -0.05) is 30.3 Å². The molecule has 0 aliphatic carbocycles. The molecule has 2 nitrogen and oxygen atoms in total. The number of benzene rings is 2. The first kappa shape index (κ1) is 12.8. The van der Waals surface area contributed by atoms with E-state index in [1.807, 2.05) is 18.2 Å². The van der Waals surface area contributed by atoms with Crippen LogP contribution in [0.15, 0.2) is 36.4 Å². The lowest BCUT2D eigenvalue weighted by Crippen LogP contribution is -2.20. The van der Waals surface area contributed by atoms with Crippen LogP contribution in [0.5, 0.6) is 5.75 Å². The third-order valence-corrected chi connectivity index (χ3v) is 4.09. The van der Waals surface area contributed by atoms with Gasteiger partial charge in [-0.25, -0.2) is 0 Å². The highest BCUT2D eigenvalue weighted by molar-refractivity contribution is 6.20. The Morgan fingerprint density at radius 3 is 2.84 bits per heavy atom. The zero-order valence-corrected chi connectivity index (χ0v) is 11.7. The molecule has 2 unspecified atom stereocenters. The van der Waals surface area contributed by atoms with Crippen molar-refractivity contribution in [3.8, 4) is 5.75 Å². The molecule has 1 heterocycles. The van der Waals surface area contributed by atoms with Crippen molar-refractivity contribution in [1.29, 1.82) is 0 Å². The average molecular weight is 277 g/mol. The zero-order chi connectivity index (χ0) is 13.2. The fraction of sp³-hybridized carbons (Fsp3) is 0.375. The summed E-state index contributed by atoms with van der Waals surface area (Å²) in [7, 11) is 1.70. The molecule has 0 saturated carbocycles. The lowest BCUT2D eigenvalue weighted by atomic mass is 9.94. The van der Waals surface area contributed by atoms with Crippen LogP contribution in [0.1, 0.15) is 24.5 Å². The van der Waals surface area contributed by atoms with Gasteiger partial charge in [0, 0.05) is 17.5 Å². The maximum Gasteiger partial charge on any atom is 0.125 e. The van der Waals surface area contributed by atoms with E-state index in [4.69, 9.17) is 21.1 Å². The smallest absolute Gasteiger partial charge is 0.125 e. The Balaban J connectivity index is 2.13. The third-order valence-electron chi connectivity index (χ3n) is 3.69. The van der Waals surface area contributed by atoms with Crippen LogP contribution in [-0.2, 0) is 4.74 Å². The summed E-state index contributed by atoms with van der Waals surface area (Å²) in [5.41, 5.74) is 1.13. The molecule has 1 aliphatic heterocycles. The molecule has 0 radical (unpaired) electrons. The van der Waals surface area contributed by atoms with E-state index in [0.717, 1.165) is 24.2 Å². The highest BCUT2D eigenvalue weighted by atomic mass is 35.5. The number of fused-ring (bicyclic) bond motifs is 1. The molecule has 19 heavy (non-hydrogen) atoms. The maximum atomic E-state index is 6.29. The first-order chi connectivity index (χ1) is 9.29. The second-order valence-corrected chi connectivity index (χ2v) is 5.50. The lowest BCUT2D eigenvalue weighted by molar-refractivity contribution is 0.0164. The van der Waals surface area contributed by atoms with Gasteiger partial charge in [-0.3, -0.25) is 0 Å².